The van der Waals surface area contributed by atoms with Gasteiger partial charge in [-0.25, -0.2) is 0 Å². The van der Waals surface area contributed by atoms with Crippen LogP contribution >= 0.6 is 0 Å². The molecule has 0 aromatic rings. The summed E-state index contributed by atoms with van der Waals surface area (Å²) in [5.74, 6) is 0.688. The Morgan fingerprint density at radius 1 is 1.56 bits per heavy atom. The molecule has 2 nitrogen and oxygen atoms in total. The Balaban J connectivity index is 2.18. The topological polar surface area (TPSA) is 29.5 Å². The van der Waals surface area contributed by atoms with E-state index >= 15 is 0 Å². The van der Waals surface area contributed by atoms with Crippen LogP contribution < -0.4 is 0 Å². The second kappa shape index (κ2) is 3.18. The highest BCUT2D eigenvalue weighted by atomic mass is 16.5. The SMILES string of the molecule is C[C@H]1CCC(CO)OC1. The van der Waals surface area contributed by atoms with Gasteiger partial charge in [-0.2, -0.15) is 0 Å². The molecule has 0 bridgehead atoms. The van der Waals surface area contributed by atoms with Crippen LogP contribution in [0.2, 0.25) is 0 Å². The van der Waals surface area contributed by atoms with Gasteiger partial charge in [-0.3, -0.25) is 0 Å². The molecule has 2 atom stereocenters. The molecule has 1 aliphatic heterocycles. The first kappa shape index (κ1) is 7.03. The van der Waals surface area contributed by atoms with Crippen molar-refractivity contribution in [3.8, 4) is 0 Å². The van der Waals surface area contributed by atoms with Gasteiger partial charge in [0.2, 0.25) is 0 Å². The molecule has 1 rings (SSSR count). The fourth-order valence-corrected chi connectivity index (χ4v) is 1.08. The molecule has 0 radical (unpaired) electrons. The van der Waals surface area contributed by atoms with Gasteiger partial charge < -0.3 is 9.84 Å². The maximum Gasteiger partial charge on any atom is 0.0806 e. The number of hydrogen-bond acceptors (Lipinski definition) is 2. The number of rotatable bonds is 1. The molecule has 1 unspecified atom stereocenters. The van der Waals surface area contributed by atoms with E-state index in [0.29, 0.717) is 5.92 Å². The van der Waals surface area contributed by atoms with Gasteiger partial charge in [-0.15, -0.1) is 0 Å². The highest BCUT2D eigenvalue weighted by molar-refractivity contribution is 4.65. The van der Waals surface area contributed by atoms with Gasteiger partial charge in [0.15, 0.2) is 0 Å². The van der Waals surface area contributed by atoms with Gasteiger partial charge in [0.05, 0.1) is 12.7 Å². The second-order valence-corrected chi connectivity index (χ2v) is 2.82. The summed E-state index contributed by atoms with van der Waals surface area (Å²) in [7, 11) is 0. The summed E-state index contributed by atoms with van der Waals surface area (Å²) in [6.07, 6.45) is 2.35. The van der Waals surface area contributed by atoms with Crippen LogP contribution in [0.4, 0.5) is 0 Å². The van der Waals surface area contributed by atoms with Crippen molar-refractivity contribution < 1.29 is 9.84 Å². The zero-order valence-electron chi connectivity index (χ0n) is 5.84. The van der Waals surface area contributed by atoms with Gasteiger partial charge in [-0.1, -0.05) is 6.92 Å². The first-order valence-corrected chi connectivity index (χ1v) is 3.55. The Hall–Kier alpha value is -0.0800. The molecule has 0 aromatic heterocycles. The molecule has 0 aromatic carbocycles. The molecular formula is C7H14O2. The van der Waals surface area contributed by atoms with Gasteiger partial charge in [-0.05, 0) is 18.8 Å². The van der Waals surface area contributed by atoms with Crippen molar-refractivity contribution in [1.29, 1.82) is 0 Å². The maximum absolute atomic E-state index is 8.65. The minimum atomic E-state index is 0.126. The quantitative estimate of drug-likeness (QED) is 0.568. The minimum Gasteiger partial charge on any atom is -0.394 e. The molecule has 1 saturated heterocycles. The molecule has 2 heteroatoms. The van der Waals surface area contributed by atoms with E-state index in [1.807, 2.05) is 0 Å². The Morgan fingerprint density at radius 3 is 2.78 bits per heavy atom. The largest absolute Gasteiger partial charge is 0.394 e. The Morgan fingerprint density at radius 2 is 2.33 bits per heavy atom. The van der Waals surface area contributed by atoms with E-state index in [2.05, 4.69) is 6.92 Å². The first-order valence-electron chi connectivity index (χ1n) is 3.55. The van der Waals surface area contributed by atoms with Gasteiger partial charge in [0.1, 0.15) is 0 Å². The molecule has 9 heavy (non-hydrogen) atoms. The molecule has 1 fully saturated rings. The van der Waals surface area contributed by atoms with E-state index in [1.54, 1.807) is 0 Å². The van der Waals surface area contributed by atoms with E-state index in [9.17, 15) is 0 Å². The van der Waals surface area contributed by atoms with Crippen molar-refractivity contribution in [2.75, 3.05) is 13.2 Å². The summed E-state index contributed by atoms with van der Waals surface area (Å²) >= 11 is 0. The lowest BCUT2D eigenvalue weighted by molar-refractivity contribution is -0.0386. The van der Waals surface area contributed by atoms with E-state index in [0.717, 1.165) is 13.0 Å². The van der Waals surface area contributed by atoms with Crippen LogP contribution in [0.1, 0.15) is 19.8 Å². The monoisotopic (exact) mass is 130 g/mol. The van der Waals surface area contributed by atoms with Crippen LogP contribution in [0.25, 0.3) is 0 Å². The van der Waals surface area contributed by atoms with E-state index in [-0.39, 0.29) is 12.7 Å². The summed E-state index contributed by atoms with van der Waals surface area (Å²) in [4.78, 5) is 0. The predicted molar refractivity (Wildman–Crippen MR) is 35.2 cm³/mol. The normalized spacial score (nSPS) is 36.7. The average Bonchev–Trinajstić information content (AvgIpc) is 1.90. The smallest absolute Gasteiger partial charge is 0.0806 e. The molecule has 0 aliphatic carbocycles. The van der Waals surface area contributed by atoms with Crippen molar-refractivity contribution in [3.63, 3.8) is 0 Å². The summed E-state index contributed by atoms with van der Waals surface area (Å²) in [5, 5.41) is 8.65. The highest BCUT2D eigenvalue weighted by Crippen LogP contribution is 2.17. The Kier molecular flexibility index (Phi) is 2.49. The van der Waals surface area contributed by atoms with Crippen molar-refractivity contribution in [3.05, 3.63) is 0 Å². The average molecular weight is 130 g/mol. The van der Waals surface area contributed by atoms with Crippen molar-refractivity contribution in [1.82, 2.24) is 0 Å². The van der Waals surface area contributed by atoms with E-state index < -0.39 is 0 Å². The predicted octanol–water partition coefficient (Wildman–Crippen LogP) is 0.794. The third kappa shape index (κ3) is 1.95. The van der Waals surface area contributed by atoms with Gasteiger partial charge >= 0.3 is 0 Å². The molecule has 1 aliphatic rings. The van der Waals surface area contributed by atoms with Gasteiger partial charge in [0.25, 0.3) is 0 Å². The standard InChI is InChI=1S/C7H14O2/c1-6-2-3-7(4-8)9-5-6/h6-8H,2-5H2,1H3/t6-,7?/m0/s1. The lowest BCUT2D eigenvalue weighted by Crippen LogP contribution is -2.26. The van der Waals surface area contributed by atoms with E-state index in [1.165, 1.54) is 6.42 Å². The summed E-state index contributed by atoms with van der Waals surface area (Å²) in [5.41, 5.74) is 0. The van der Waals surface area contributed by atoms with Crippen LogP contribution in [0.3, 0.4) is 0 Å². The zero-order valence-corrected chi connectivity index (χ0v) is 5.84. The van der Waals surface area contributed by atoms with Crippen molar-refractivity contribution in [2.45, 2.75) is 25.9 Å². The van der Waals surface area contributed by atoms with Crippen LogP contribution in [0.5, 0.6) is 0 Å². The summed E-state index contributed by atoms with van der Waals surface area (Å²) in [6, 6.07) is 0. The van der Waals surface area contributed by atoms with Crippen LogP contribution in [-0.4, -0.2) is 24.4 Å². The lowest BCUT2D eigenvalue weighted by Gasteiger charge is -2.24. The lowest BCUT2D eigenvalue weighted by atomic mass is 10.0. The number of aliphatic hydroxyl groups excluding tert-OH is 1. The molecule has 0 spiro atoms. The zero-order chi connectivity index (χ0) is 6.69. The highest BCUT2D eigenvalue weighted by Gasteiger charge is 2.16. The fraction of sp³-hybridized carbons (Fsp3) is 1.00. The summed E-state index contributed by atoms with van der Waals surface area (Å²) in [6.45, 7) is 3.19. The maximum atomic E-state index is 8.65. The third-order valence-electron chi connectivity index (χ3n) is 1.80. The Bertz CT molecular complexity index is 75.0. The van der Waals surface area contributed by atoms with Crippen LogP contribution in [0, 0.1) is 5.92 Å². The first-order chi connectivity index (χ1) is 4.33. The fourth-order valence-electron chi connectivity index (χ4n) is 1.08. The molecular weight excluding hydrogens is 116 g/mol. The molecule has 1 N–H and O–H groups in total. The molecule has 54 valence electrons. The molecule has 0 saturated carbocycles. The Labute approximate surface area is 55.8 Å². The number of hydrogen-bond donors (Lipinski definition) is 1. The molecule has 0 amide bonds. The number of aliphatic hydroxyl groups is 1. The van der Waals surface area contributed by atoms with Crippen LogP contribution in [0.15, 0.2) is 0 Å². The van der Waals surface area contributed by atoms with Gasteiger partial charge in [0, 0.05) is 6.61 Å². The van der Waals surface area contributed by atoms with Crippen molar-refractivity contribution in [2.24, 2.45) is 5.92 Å². The minimum absolute atomic E-state index is 0.126. The number of ether oxygens (including phenoxy) is 1. The van der Waals surface area contributed by atoms with E-state index in [4.69, 9.17) is 9.84 Å². The summed E-state index contributed by atoms with van der Waals surface area (Å²) < 4.78 is 5.29. The third-order valence-corrected chi connectivity index (χ3v) is 1.80. The van der Waals surface area contributed by atoms with Crippen molar-refractivity contribution >= 4 is 0 Å². The van der Waals surface area contributed by atoms with Crippen LogP contribution in [-0.2, 0) is 4.74 Å². The second-order valence-electron chi connectivity index (χ2n) is 2.82. The molecule has 1 heterocycles.